The van der Waals surface area contributed by atoms with E-state index in [1.165, 1.54) is 7.11 Å². The molecule has 5 nitrogen and oxygen atoms in total. The number of benzene rings is 1. The van der Waals surface area contributed by atoms with Gasteiger partial charge in [-0.3, -0.25) is 0 Å². The van der Waals surface area contributed by atoms with E-state index in [4.69, 9.17) is 14.2 Å². The lowest BCUT2D eigenvalue weighted by molar-refractivity contribution is -0.184. The zero-order valence-corrected chi connectivity index (χ0v) is 14.6. The normalized spacial score (nSPS) is 19.1. The van der Waals surface area contributed by atoms with Crippen LogP contribution >= 0.6 is 0 Å². The van der Waals surface area contributed by atoms with Gasteiger partial charge in [0.25, 0.3) is 0 Å². The molecular formula is C19H25NO4. The second-order valence-corrected chi connectivity index (χ2v) is 6.83. The van der Waals surface area contributed by atoms with Crippen molar-refractivity contribution in [2.45, 2.75) is 19.1 Å². The Bertz CT molecular complexity index is 624. The summed E-state index contributed by atoms with van der Waals surface area (Å²) in [6, 6.07) is 5.81. The van der Waals surface area contributed by atoms with E-state index in [-0.39, 0.29) is 12.3 Å². The molecule has 1 spiro atoms. The first-order chi connectivity index (χ1) is 11.6. The summed E-state index contributed by atoms with van der Waals surface area (Å²) in [7, 11) is 4.79. The average molecular weight is 331 g/mol. The van der Waals surface area contributed by atoms with Crippen LogP contribution in [0.25, 0.3) is 6.08 Å². The van der Waals surface area contributed by atoms with Crippen molar-refractivity contribution in [1.29, 1.82) is 0 Å². The molecule has 0 unspecified atom stereocenters. The molecule has 1 aromatic rings. The summed E-state index contributed by atoms with van der Waals surface area (Å²) in [5.74, 6) is 0.163. The van der Waals surface area contributed by atoms with E-state index in [1.54, 1.807) is 20.3 Å². The molecule has 1 saturated carbocycles. The maximum absolute atomic E-state index is 11.8. The van der Waals surface area contributed by atoms with Gasteiger partial charge in [0, 0.05) is 44.3 Å². The number of methoxy groups -OCH3 is 3. The van der Waals surface area contributed by atoms with E-state index in [1.807, 2.05) is 18.2 Å². The van der Waals surface area contributed by atoms with Gasteiger partial charge in [0.1, 0.15) is 0 Å². The molecule has 2 aliphatic rings. The molecule has 0 bridgehead atoms. The van der Waals surface area contributed by atoms with Crippen LogP contribution in [0.4, 0.5) is 5.69 Å². The van der Waals surface area contributed by atoms with Gasteiger partial charge in [0.15, 0.2) is 6.29 Å². The Hall–Kier alpha value is -1.85. The van der Waals surface area contributed by atoms with Crippen molar-refractivity contribution < 1.29 is 19.0 Å². The van der Waals surface area contributed by atoms with Crippen molar-refractivity contribution in [2.75, 3.05) is 39.3 Å². The molecule has 3 rings (SSSR count). The maximum Gasteiger partial charge on any atom is 0.338 e. The number of hydrogen-bond donors (Lipinski definition) is 0. The van der Waals surface area contributed by atoms with E-state index < -0.39 is 0 Å². The highest BCUT2D eigenvalue weighted by Gasteiger charge is 2.54. The van der Waals surface area contributed by atoms with Crippen LogP contribution in [0.5, 0.6) is 0 Å². The summed E-state index contributed by atoms with van der Waals surface area (Å²) >= 11 is 0. The molecule has 1 saturated heterocycles. The predicted octanol–water partition coefficient (Wildman–Crippen LogP) is 2.95. The lowest BCUT2D eigenvalue weighted by Gasteiger charge is -2.60. The fourth-order valence-corrected chi connectivity index (χ4v) is 4.14. The number of carbonyl (C=O) groups excluding carboxylic acids is 1. The second-order valence-electron chi connectivity index (χ2n) is 6.83. The minimum absolute atomic E-state index is 0.0867. The number of anilines is 1. The standard InChI is InChI=1S/C19H25NO4/c1-5-13-8-15(6-7-16(13)17(21)22-2)20-11-19(12-20)9-14(10-19)18(23-3)24-4/h5-8,14,18H,1,9-12H2,2-4H3. The molecule has 0 N–H and O–H groups in total. The topological polar surface area (TPSA) is 48.0 Å². The van der Waals surface area contributed by atoms with E-state index in [0.717, 1.165) is 37.2 Å². The molecule has 0 radical (unpaired) electrons. The molecule has 0 aromatic heterocycles. The largest absolute Gasteiger partial charge is 0.465 e. The van der Waals surface area contributed by atoms with Gasteiger partial charge in [-0.1, -0.05) is 12.7 Å². The molecule has 0 amide bonds. The van der Waals surface area contributed by atoms with Crippen molar-refractivity contribution in [3.63, 3.8) is 0 Å². The zero-order chi connectivity index (χ0) is 17.3. The maximum atomic E-state index is 11.8. The number of carbonyl (C=O) groups is 1. The van der Waals surface area contributed by atoms with Gasteiger partial charge in [-0.25, -0.2) is 4.79 Å². The number of nitrogens with zero attached hydrogens (tertiary/aromatic N) is 1. The Morgan fingerprint density at radius 2 is 1.96 bits per heavy atom. The van der Waals surface area contributed by atoms with Crippen LogP contribution < -0.4 is 4.90 Å². The third-order valence-electron chi connectivity index (χ3n) is 5.32. The Kier molecular flexibility index (Phi) is 4.65. The molecular weight excluding hydrogens is 306 g/mol. The number of hydrogen-bond acceptors (Lipinski definition) is 5. The molecule has 1 aromatic carbocycles. The van der Waals surface area contributed by atoms with Crippen LogP contribution in [0.15, 0.2) is 24.8 Å². The number of rotatable bonds is 6. The number of esters is 1. The van der Waals surface area contributed by atoms with Crippen LogP contribution in [0, 0.1) is 11.3 Å². The first-order valence-corrected chi connectivity index (χ1v) is 8.21. The Balaban J connectivity index is 1.63. The minimum atomic E-state index is -0.330. The predicted molar refractivity (Wildman–Crippen MR) is 93.0 cm³/mol. The first kappa shape index (κ1) is 17.0. The third kappa shape index (κ3) is 2.82. The van der Waals surface area contributed by atoms with Crippen molar-refractivity contribution in [3.8, 4) is 0 Å². The van der Waals surface area contributed by atoms with E-state index in [0.29, 0.717) is 16.9 Å². The monoisotopic (exact) mass is 331 g/mol. The first-order valence-electron chi connectivity index (χ1n) is 8.21. The fraction of sp³-hybridized carbons (Fsp3) is 0.526. The summed E-state index contributed by atoms with van der Waals surface area (Å²) in [5, 5.41) is 0. The minimum Gasteiger partial charge on any atom is -0.465 e. The zero-order valence-electron chi connectivity index (χ0n) is 14.6. The molecule has 2 fully saturated rings. The summed E-state index contributed by atoms with van der Waals surface area (Å²) in [6.45, 7) is 5.88. The molecule has 0 atom stereocenters. The molecule has 24 heavy (non-hydrogen) atoms. The van der Waals surface area contributed by atoms with Crippen molar-refractivity contribution in [2.24, 2.45) is 11.3 Å². The van der Waals surface area contributed by atoms with Gasteiger partial charge in [-0.2, -0.15) is 0 Å². The van der Waals surface area contributed by atoms with E-state index >= 15 is 0 Å². The average Bonchev–Trinajstić information content (AvgIpc) is 2.54. The van der Waals surface area contributed by atoms with Crippen LogP contribution in [-0.2, 0) is 14.2 Å². The molecule has 5 heteroatoms. The van der Waals surface area contributed by atoms with Crippen LogP contribution in [-0.4, -0.2) is 46.7 Å². The van der Waals surface area contributed by atoms with Crippen LogP contribution in [0.1, 0.15) is 28.8 Å². The van der Waals surface area contributed by atoms with Gasteiger partial charge in [0.05, 0.1) is 12.7 Å². The Labute approximate surface area is 143 Å². The lowest BCUT2D eigenvalue weighted by atomic mass is 9.57. The molecule has 130 valence electrons. The SMILES string of the molecule is C=Cc1cc(N2CC3(CC(C(OC)OC)C3)C2)ccc1C(=O)OC. The molecule has 1 aliphatic carbocycles. The van der Waals surface area contributed by atoms with Gasteiger partial charge >= 0.3 is 5.97 Å². The van der Waals surface area contributed by atoms with Gasteiger partial charge in [-0.05, 0) is 36.6 Å². The molecule has 1 aliphatic heterocycles. The van der Waals surface area contributed by atoms with Gasteiger partial charge < -0.3 is 19.1 Å². The third-order valence-corrected chi connectivity index (χ3v) is 5.32. The highest BCUT2D eigenvalue weighted by atomic mass is 16.7. The number of ether oxygens (including phenoxy) is 3. The highest BCUT2D eigenvalue weighted by molar-refractivity contribution is 5.94. The van der Waals surface area contributed by atoms with Gasteiger partial charge in [-0.15, -0.1) is 0 Å². The van der Waals surface area contributed by atoms with Crippen molar-refractivity contribution >= 4 is 17.7 Å². The second kappa shape index (κ2) is 6.57. The van der Waals surface area contributed by atoms with Crippen molar-refractivity contribution in [3.05, 3.63) is 35.9 Å². The van der Waals surface area contributed by atoms with E-state index in [9.17, 15) is 4.79 Å². The summed E-state index contributed by atoms with van der Waals surface area (Å²) in [6.07, 6.45) is 3.90. The molecule has 1 heterocycles. The summed E-state index contributed by atoms with van der Waals surface area (Å²) in [5.41, 5.74) is 2.89. The van der Waals surface area contributed by atoms with Gasteiger partial charge in [0.2, 0.25) is 0 Å². The quantitative estimate of drug-likeness (QED) is 0.592. The lowest BCUT2D eigenvalue weighted by Crippen LogP contribution is -2.64. The Morgan fingerprint density at radius 1 is 1.29 bits per heavy atom. The smallest absolute Gasteiger partial charge is 0.338 e. The van der Waals surface area contributed by atoms with Crippen molar-refractivity contribution in [1.82, 2.24) is 0 Å². The van der Waals surface area contributed by atoms with Crippen LogP contribution in [0.2, 0.25) is 0 Å². The highest BCUT2D eigenvalue weighted by Crippen LogP contribution is 2.54. The van der Waals surface area contributed by atoms with Crippen LogP contribution in [0.3, 0.4) is 0 Å². The summed E-state index contributed by atoms with van der Waals surface area (Å²) < 4.78 is 15.5. The fourth-order valence-electron chi connectivity index (χ4n) is 4.14. The Morgan fingerprint density at radius 3 is 2.50 bits per heavy atom. The van der Waals surface area contributed by atoms with E-state index in [2.05, 4.69) is 11.5 Å². The summed E-state index contributed by atoms with van der Waals surface area (Å²) in [4.78, 5) is 14.1.